The normalized spacial score (nSPS) is 11.8. The second-order valence-corrected chi connectivity index (χ2v) is 6.69. The van der Waals surface area contributed by atoms with Crippen LogP contribution in [-0.2, 0) is 0 Å². The fourth-order valence-corrected chi connectivity index (χ4v) is 2.76. The summed E-state index contributed by atoms with van der Waals surface area (Å²) in [5, 5.41) is 12.5. The van der Waals surface area contributed by atoms with Crippen LogP contribution in [0.2, 0.25) is 0 Å². The van der Waals surface area contributed by atoms with Gasteiger partial charge in [0.15, 0.2) is 0 Å². The zero-order chi connectivity index (χ0) is 20.8. The van der Waals surface area contributed by atoms with Gasteiger partial charge in [0, 0.05) is 32.0 Å². The number of aromatic nitrogens is 4. The van der Waals surface area contributed by atoms with Crippen molar-refractivity contribution >= 4 is 11.8 Å². The summed E-state index contributed by atoms with van der Waals surface area (Å²) >= 11 is 0. The van der Waals surface area contributed by atoms with Crippen molar-refractivity contribution in [3.8, 4) is 0 Å². The van der Waals surface area contributed by atoms with Gasteiger partial charge in [-0.2, -0.15) is 0 Å². The third-order valence-corrected chi connectivity index (χ3v) is 4.11. The monoisotopic (exact) mass is 386 g/mol. The van der Waals surface area contributed by atoms with E-state index < -0.39 is 6.10 Å². The van der Waals surface area contributed by atoms with E-state index in [-0.39, 0.29) is 31.4 Å². The fourth-order valence-electron chi connectivity index (χ4n) is 2.76. The molecule has 0 aliphatic rings. The number of aryl methyl sites for hydroxylation is 4. The van der Waals surface area contributed by atoms with Gasteiger partial charge in [-0.25, -0.2) is 19.9 Å². The van der Waals surface area contributed by atoms with Gasteiger partial charge < -0.3 is 15.3 Å². The highest BCUT2D eigenvalue weighted by Gasteiger charge is 2.21. The van der Waals surface area contributed by atoms with Crippen LogP contribution >= 0.6 is 0 Å². The minimum atomic E-state index is -0.709. The molecular weight excluding hydrogens is 360 g/mol. The number of amides is 2. The topological polar surface area (TPSA) is 121 Å². The van der Waals surface area contributed by atoms with E-state index in [0.717, 1.165) is 0 Å². The summed E-state index contributed by atoms with van der Waals surface area (Å²) in [5.41, 5.74) is 1.93. The predicted molar refractivity (Wildman–Crippen MR) is 103 cm³/mol. The van der Waals surface area contributed by atoms with Crippen molar-refractivity contribution < 1.29 is 14.7 Å². The summed E-state index contributed by atoms with van der Waals surface area (Å²) in [7, 11) is 0. The first-order valence-electron chi connectivity index (χ1n) is 9.05. The number of carbonyl (C=O) groups is 2. The van der Waals surface area contributed by atoms with Gasteiger partial charge in [0.05, 0.1) is 28.6 Å². The fraction of sp³-hybridized carbons (Fsp3) is 0.474. The number of hydrogen-bond donors (Lipinski definition) is 2. The molecule has 28 heavy (non-hydrogen) atoms. The Morgan fingerprint density at radius 3 is 2.07 bits per heavy atom. The highest BCUT2D eigenvalue weighted by atomic mass is 16.3. The van der Waals surface area contributed by atoms with Crippen molar-refractivity contribution in [1.82, 2.24) is 30.2 Å². The van der Waals surface area contributed by atoms with Gasteiger partial charge in [0.25, 0.3) is 11.8 Å². The molecule has 150 valence electrons. The van der Waals surface area contributed by atoms with Crippen LogP contribution in [-0.4, -0.2) is 67.5 Å². The molecule has 2 aromatic rings. The van der Waals surface area contributed by atoms with Crippen LogP contribution in [0.15, 0.2) is 12.4 Å². The number of aliphatic hydroxyl groups excluding tert-OH is 1. The molecule has 9 heteroatoms. The smallest absolute Gasteiger partial charge is 0.257 e. The van der Waals surface area contributed by atoms with Gasteiger partial charge in [-0.1, -0.05) is 0 Å². The Kier molecular flexibility index (Phi) is 7.11. The lowest BCUT2D eigenvalue weighted by molar-refractivity contribution is 0.0643. The number of aliphatic hydroxyl groups is 1. The van der Waals surface area contributed by atoms with Crippen LogP contribution in [0.5, 0.6) is 0 Å². The maximum atomic E-state index is 12.9. The standard InChI is InChI=1S/C19H26N6O3/c1-11(26)10-25(19(28)17-9-22-15(5)24-13(17)3)7-6-20-18(27)16-8-21-14(4)23-12(16)2/h8-9,11,26H,6-7,10H2,1-5H3,(H,20,27). The summed E-state index contributed by atoms with van der Waals surface area (Å²) in [6.45, 7) is 9.17. The lowest BCUT2D eigenvalue weighted by Gasteiger charge is -2.24. The Labute approximate surface area is 164 Å². The number of nitrogens with one attached hydrogen (secondary N) is 1. The number of carbonyl (C=O) groups excluding carboxylic acids is 2. The van der Waals surface area contributed by atoms with E-state index in [1.807, 2.05) is 0 Å². The average Bonchev–Trinajstić information content (AvgIpc) is 2.59. The third-order valence-electron chi connectivity index (χ3n) is 4.11. The van der Waals surface area contributed by atoms with Crippen molar-refractivity contribution in [3.05, 3.63) is 46.6 Å². The highest BCUT2D eigenvalue weighted by Crippen LogP contribution is 2.09. The van der Waals surface area contributed by atoms with Gasteiger partial charge in [-0.05, 0) is 34.6 Å². The summed E-state index contributed by atoms with van der Waals surface area (Å²) in [6, 6.07) is 0. The van der Waals surface area contributed by atoms with E-state index in [0.29, 0.717) is 34.2 Å². The Morgan fingerprint density at radius 1 is 1.04 bits per heavy atom. The average molecular weight is 386 g/mol. The molecule has 1 unspecified atom stereocenters. The van der Waals surface area contributed by atoms with Crippen molar-refractivity contribution in [1.29, 1.82) is 0 Å². The minimum absolute atomic E-state index is 0.134. The molecule has 2 aromatic heterocycles. The van der Waals surface area contributed by atoms with Crippen LogP contribution in [0.4, 0.5) is 0 Å². The first kappa shape index (κ1) is 21.4. The molecular formula is C19H26N6O3. The van der Waals surface area contributed by atoms with Crippen LogP contribution in [0.1, 0.15) is 50.7 Å². The quantitative estimate of drug-likeness (QED) is 0.720. The highest BCUT2D eigenvalue weighted by molar-refractivity contribution is 5.96. The molecule has 9 nitrogen and oxygen atoms in total. The Balaban J connectivity index is 2.05. The first-order chi connectivity index (χ1) is 13.2. The van der Waals surface area contributed by atoms with Crippen molar-refractivity contribution in [2.75, 3.05) is 19.6 Å². The lowest BCUT2D eigenvalue weighted by atomic mass is 10.2. The SMILES string of the molecule is Cc1ncc(C(=O)NCCN(CC(C)O)C(=O)c2cnc(C)nc2C)c(C)n1. The molecule has 0 aliphatic heterocycles. The summed E-state index contributed by atoms with van der Waals surface area (Å²) in [5.74, 6) is 0.580. The number of rotatable bonds is 7. The van der Waals surface area contributed by atoms with E-state index in [4.69, 9.17) is 0 Å². The van der Waals surface area contributed by atoms with Gasteiger partial charge in [-0.15, -0.1) is 0 Å². The Bertz CT molecular complexity index is 869. The molecule has 0 aromatic carbocycles. The largest absolute Gasteiger partial charge is 0.392 e. The van der Waals surface area contributed by atoms with E-state index in [2.05, 4.69) is 25.3 Å². The maximum absolute atomic E-state index is 12.9. The van der Waals surface area contributed by atoms with E-state index in [1.54, 1.807) is 34.6 Å². The Morgan fingerprint density at radius 2 is 1.57 bits per heavy atom. The van der Waals surface area contributed by atoms with Crippen LogP contribution in [0.3, 0.4) is 0 Å². The summed E-state index contributed by atoms with van der Waals surface area (Å²) in [6.07, 6.45) is 2.26. The van der Waals surface area contributed by atoms with Gasteiger partial charge in [0.2, 0.25) is 0 Å². The summed E-state index contributed by atoms with van der Waals surface area (Å²) in [4.78, 5) is 43.2. The molecule has 0 spiro atoms. The second-order valence-electron chi connectivity index (χ2n) is 6.69. The molecule has 2 heterocycles. The van der Waals surface area contributed by atoms with Crippen molar-refractivity contribution in [2.45, 2.75) is 40.7 Å². The van der Waals surface area contributed by atoms with Crippen molar-refractivity contribution in [3.63, 3.8) is 0 Å². The lowest BCUT2D eigenvalue weighted by Crippen LogP contribution is -2.42. The van der Waals surface area contributed by atoms with Crippen LogP contribution in [0.25, 0.3) is 0 Å². The maximum Gasteiger partial charge on any atom is 0.257 e. The van der Waals surface area contributed by atoms with Crippen molar-refractivity contribution in [2.24, 2.45) is 0 Å². The molecule has 0 radical (unpaired) electrons. The van der Waals surface area contributed by atoms with E-state index in [9.17, 15) is 14.7 Å². The second kappa shape index (κ2) is 9.32. The van der Waals surface area contributed by atoms with Crippen LogP contribution in [0, 0.1) is 27.7 Å². The summed E-state index contributed by atoms with van der Waals surface area (Å²) < 4.78 is 0. The number of hydrogen-bond acceptors (Lipinski definition) is 7. The molecule has 2 amide bonds. The van der Waals surface area contributed by atoms with E-state index in [1.165, 1.54) is 17.3 Å². The predicted octanol–water partition coefficient (Wildman–Crippen LogP) is 0.753. The molecule has 0 saturated heterocycles. The molecule has 2 rings (SSSR count). The molecule has 2 N–H and O–H groups in total. The first-order valence-corrected chi connectivity index (χ1v) is 9.05. The van der Waals surface area contributed by atoms with E-state index >= 15 is 0 Å². The van der Waals surface area contributed by atoms with Gasteiger partial charge in [-0.3, -0.25) is 9.59 Å². The van der Waals surface area contributed by atoms with Gasteiger partial charge in [0.1, 0.15) is 11.6 Å². The Hall–Kier alpha value is -2.94. The zero-order valence-corrected chi connectivity index (χ0v) is 16.9. The van der Waals surface area contributed by atoms with Gasteiger partial charge >= 0.3 is 0 Å². The third kappa shape index (κ3) is 5.53. The zero-order valence-electron chi connectivity index (χ0n) is 16.9. The molecule has 0 fully saturated rings. The molecule has 0 saturated carbocycles. The van der Waals surface area contributed by atoms with Crippen LogP contribution < -0.4 is 5.32 Å². The molecule has 0 aliphatic carbocycles. The number of nitrogens with zero attached hydrogens (tertiary/aromatic N) is 5. The minimum Gasteiger partial charge on any atom is -0.392 e. The molecule has 0 bridgehead atoms. The molecule has 1 atom stereocenters.